The maximum Gasteiger partial charge on any atom is 0.416 e. The van der Waals surface area contributed by atoms with Gasteiger partial charge in [-0.25, -0.2) is 9.97 Å². The maximum absolute atomic E-state index is 14.1. The van der Waals surface area contributed by atoms with Gasteiger partial charge in [-0.15, -0.1) is 0 Å². The number of aromatic nitrogens is 3. The molecule has 2 heterocycles. The van der Waals surface area contributed by atoms with Crippen molar-refractivity contribution in [2.75, 3.05) is 20.6 Å². The van der Waals surface area contributed by atoms with Crippen LogP contribution in [0.25, 0.3) is 22.0 Å². The van der Waals surface area contributed by atoms with Gasteiger partial charge in [-0.2, -0.15) is 13.2 Å². The molecule has 0 radical (unpaired) electrons. The van der Waals surface area contributed by atoms with Crippen LogP contribution in [0.5, 0.6) is 0 Å². The van der Waals surface area contributed by atoms with E-state index < -0.39 is 47.7 Å². The predicted octanol–water partition coefficient (Wildman–Crippen LogP) is 6.12. The lowest BCUT2D eigenvalue weighted by Gasteiger charge is -2.27. The first-order valence-electron chi connectivity index (χ1n) is 15.4. The lowest BCUT2D eigenvalue weighted by molar-refractivity contribution is -0.139. The molecule has 0 spiro atoms. The van der Waals surface area contributed by atoms with Crippen LogP contribution in [0.2, 0.25) is 0 Å². The molecule has 47 heavy (non-hydrogen) atoms. The van der Waals surface area contributed by atoms with Crippen molar-refractivity contribution in [2.45, 2.75) is 65.2 Å². The van der Waals surface area contributed by atoms with Crippen molar-refractivity contribution in [3.05, 3.63) is 93.3 Å². The second-order valence-corrected chi connectivity index (χ2v) is 12.6. The Balaban J connectivity index is 1.85. The number of carboxylic acid groups (broad SMARTS) is 1. The predicted molar refractivity (Wildman–Crippen MR) is 174 cm³/mol. The molecule has 12 heteroatoms. The fourth-order valence-electron chi connectivity index (χ4n) is 5.93. The Morgan fingerprint density at radius 1 is 1.09 bits per heavy atom. The normalized spacial score (nSPS) is 13.3. The van der Waals surface area contributed by atoms with E-state index in [0.717, 1.165) is 33.0 Å². The number of halogens is 3. The number of likely N-dealkylation sites (N-methyl/N-ethyl adjacent to an activating group) is 1. The number of carbonyl (C=O) groups is 2. The standard InChI is InChI=1S/C35H40F3N5O4/c1-20(2)12-29(43-18-23(10-11-42(5)6)27(15-30(43)44)35(36,37)38)34(47)41-28(16-31(45)46)26-14-24(13-25-17-39-19-40-33(25)26)32-21(3)8-7-9-22(32)4/h7-9,13-15,17-20,28-29H,10-12,16H2,1-6H3,(H,41,47)(H,45,46)/t28-,29-/m1/s1. The quantitative estimate of drug-likeness (QED) is 0.190. The molecule has 0 fully saturated rings. The van der Waals surface area contributed by atoms with Gasteiger partial charge in [0.25, 0.3) is 5.56 Å². The third kappa shape index (κ3) is 8.42. The van der Waals surface area contributed by atoms with Crippen molar-refractivity contribution in [1.29, 1.82) is 0 Å². The van der Waals surface area contributed by atoms with Crippen molar-refractivity contribution >= 4 is 22.8 Å². The van der Waals surface area contributed by atoms with Crippen LogP contribution in [0.1, 0.15) is 66.6 Å². The Kier molecular flexibility index (Phi) is 10.9. The molecule has 0 aliphatic heterocycles. The Morgan fingerprint density at radius 2 is 1.77 bits per heavy atom. The second-order valence-electron chi connectivity index (χ2n) is 12.6. The van der Waals surface area contributed by atoms with E-state index in [0.29, 0.717) is 22.5 Å². The highest BCUT2D eigenvalue weighted by atomic mass is 19.4. The van der Waals surface area contributed by atoms with E-state index >= 15 is 0 Å². The molecule has 2 aromatic carbocycles. The van der Waals surface area contributed by atoms with Crippen molar-refractivity contribution in [1.82, 2.24) is 24.8 Å². The lowest BCUT2D eigenvalue weighted by atomic mass is 9.90. The fourth-order valence-corrected chi connectivity index (χ4v) is 5.93. The number of aryl methyl sites for hydroxylation is 2. The first kappa shape index (κ1) is 35.3. The molecule has 1 amide bonds. The summed E-state index contributed by atoms with van der Waals surface area (Å²) in [5.41, 5.74) is 2.47. The van der Waals surface area contributed by atoms with E-state index in [1.165, 1.54) is 6.33 Å². The van der Waals surface area contributed by atoms with Gasteiger partial charge in [0.15, 0.2) is 0 Å². The maximum atomic E-state index is 14.1. The zero-order valence-corrected chi connectivity index (χ0v) is 27.4. The van der Waals surface area contributed by atoms with Gasteiger partial charge in [0.2, 0.25) is 5.91 Å². The minimum Gasteiger partial charge on any atom is -0.481 e. The van der Waals surface area contributed by atoms with Gasteiger partial charge >= 0.3 is 12.1 Å². The summed E-state index contributed by atoms with van der Waals surface area (Å²) in [7, 11) is 3.45. The summed E-state index contributed by atoms with van der Waals surface area (Å²) >= 11 is 0. The number of hydrogen-bond acceptors (Lipinski definition) is 6. The average molecular weight is 652 g/mol. The Bertz CT molecular complexity index is 1810. The number of carbonyl (C=O) groups excluding carboxylic acids is 1. The van der Waals surface area contributed by atoms with Gasteiger partial charge in [0, 0.05) is 36.0 Å². The highest BCUT2D eigenvalue weighted by Gasteiger charge is 2.36. The van der Waals surface area contributed by atoms with Crippen LogP contribution in [0, 0.1) is 19.8 Å². The molecule has 2 aromatic heterocycles. The summed E-state index contributed by atoms with van der Waals surface area (Å²) in [5.74, 6) is -2.01. The number of alkyl halides is 3. The third-order valence-corrected chi connectivity index (χ3v) is 8.11. The minimum atomic E-state index is -4.76. The fraction of sp³-hybridized carbons (Fsp3) is 0.400. The van der Waals surface area contributed by atoms with E-state index in [-0.39, 0.29) is 30.9 Å². The molecule has 0 saturated carbocycles. The van der Waals surface area contributed by atoms with E-state index in [9.17, 15) is 32.7 Å². The number of aliphatic carboxylic acids is 1. The third-order valence-electron chi connectivity index (χ3n) is 8.11. The Labute approximate surface area is 271 Å². The van der Waals surface area contributed by atoms with Crippen LogP contribution in [0.3, 0.4) is 0 Å². The van der Waals surface area contributed by atoms with Gasteiger partial charge in [0.05, 0.1) is 23.5 Å². The van der Waals surface area contributed by atoms with Gasteiger partial charge < -0.3 is 19.9 Å². The molecule has 0 unspecified atom stereocenters. The molecule has 2 atom stereocenters. The van der Waals surface area contributed by atoms with Crippen molar-refractivity contribution in [3.8, 4) is 11.1 Å². The van der Waals surface area contributed by atoms with Crippen molar-refractivity contribution in [2.24, 2.45) is 5.92 Å². The molecular weight excluding hydrogens is 611 g/mol. The number of rotatable bonds is 12. The first-order chi connectivity index (χ1) is 22.1. The highest BCUT2D eigenvalue weighted by molar-refractivity contribution is 5.90. The number of pyridine rings is 1. The number of hydrogen-bond donors (Lipinski definition) is 2. The van der Waals surface area contributed by atoms with Crippen LogP contribution in [-0.2, 0) is 22.2 Å². The van der Waals surface area contributed by atoms with Crippen LogP contribution >= 0.6 is 0 Å². The van der Waals surface area contributed by atoms with E-state index in [1.807, 2.05) is 52.0 Å². The summed E-state index contributed by atoms with van der Waals surface area (Å²) in [5, 5.41) is 13.4. The number of nitrogens with zero attached hydrogens (tertiary/aromatic N) is 4. The number of carboxylic acids is 1. The van der Waals surface area contributed by atoms with Gasteiger partial charge in [-0.05, 0) is 86.7 Å². The molecule has 4 aromatic rings. The second kappa shape index (κ2) is 14.5. The molecule has 0 bridgehead atoms. The monoisotopic (exact) mass is 651 g/mol. The smallest absolute Gasteiger partial charge is 0.416 e. The molecular formula is C35H40F3N5O4. The largest absolute Gasteiger partial charge is 0.481 e. The Morgan fingerprint density at radius 3 is 2.36 bits per heavy atom. The topological polar surface area (TPSA) is 117 Å². The molecule has 4 rings (SSSR count). The number of benzene rings is 2. The molecule has 0 aliphatic carbocycles. The molecule has 9 nitrogen and oxygen atoms in total. The summed E-state index contributed by atoms with van der Waals surface area (Å²) in [4.78, 5) is 49.9. The first-order valence-corrected chi connectivity index (χ1v) is 15.4. The van der Waals surface area contributed by atoms with Crippen molar-refractivity contribution < 1.29 is 27.9 Å². The van der Waals surface area contributed by atoms with E-state index in [2.05, 4.69) is 15.3 Å². The lowest BCUT2D eigenvalue weighted by Crippen LogP contribution is -2.40. The van der Waals surface area contributed by atoms with Crippen LogP contribution in [0.15, 0.2) is 59.9 Å². The summed E-state index contributed by atoms with van der Waals surface area (Å²) in [6.07, 6.45) is -1.08. The van der Waals surface area contributed by atoms with Gasteiger partial charge in [0.1, 0.15) is 12.4 Å². The number of nitrogens with one attached hydrogen (secondary N) is 1. The van der Waals surface area contributed by atoms with E-state index in [4.69, 9.17) is 0 Å². The summed E-state index contributed by atoms with van der Waals surface area (Å²) in [6.45, 7) is 7.88. The Hall–Kier alpha value is -4.58. The van der Waals surface area contributed by atoms with Crippen LogP contribution in [-0.4, -0.2) is 57.1 Å². The zero-order valence-electron chi connectivity index (χ0n) is 27.4. The van der Waals surface area contributed by atoms with Crippen LogP contribution in [0.4, 0.5) is 13.2 Å². The minimum absolute atomic E-state index is 0.00339. The molecule has 250 valence electrons. The van der Waals surface area contributed by atoms with Crippen molar-refractivity contribution in [3.63, 3.8) is 0 Å². The van der Waals surface area contributed by atoms with E-state index in [1.54, 1.807) is 31.3 Å². The SMILES string of the molecule is Cc1cccc(C)c1-c1cc([C@@H](CC(=O)O)NC(=O)[C@@H](CC(C)C)n2cc(CCN(C)C)c(C(F)(F)F)cc2=O)c2ncncc2c1. The molecule has 0 saturated heterocycles. The number of fused-ring (bicyclic) bond motifs is 1. The zero-order chi connectivity index (χ0) is 34.6. The molecule has 0 aliphatic rings. The van der Waals surface area contributed by atoms with Gasteiger partial charge in [-0.3, -0.25) is 14.4 Å². The highest BCUT2D eigenvalue weighted by Crippen LogP contribution is 2.35. The van der Waals surface area contributed by atoms with Crippen LogP contribution < -0.4 is 10.9 Å². The average Bonchev–Trinajstić information content (AvgIpc) is 2.97. The molecule has 2 N–H and O–H groups in total. The summed E-state index contributed by atoms with van der Waals surface area (Å²) < 4.78 is 42.9. The summed E-state index contributed by atoms with van der Waals surface area (Å²) in [6, 6.07) is 7.84. The number of amides is 1. The van der Waals surface area contributed by atoms with Gasteiger partial charge in [-0.1, -0.05) is 32.0 Å².